The lowest BCUT2D eigenvalue weighted by Crippen LogP contribution is -2.27. The summed E-state index contributed by atoms with van der Waals surface area (Å²) in [6, 6.07) is 10.3. The summed E-state index contributed by atoms with van der Waals surface area (Å²) < 4.78 is 1.12. The molecule has 0 spiro atoms. The van der Waals surface area contributed by atoms with Crippen LogP contribution in [0, 0.1) is 0 Å². The number of aromatic nitrogens is 1. The molecular formula is C13H12N2O3. The molecule has 1 aromatic heterocycles. The Labute approximate surface area is 103 Å². The number of aromatic carboxylic acids is 1. The molecule has 0 amide bonds. The van der Waals surface area contributed by atoms with E-state index in [1.807, 2.05) is 6.07 Å². The van der Waals surface area contributed by atoms with Gasteiger partial charge >= 0.3 is 5.97 Å². The second kappa shape index (κ2) is 4.37. The zero-order valence-electron chi connectivity index (χ0n) is 9.75. The third-order valence-corrected chi connectivity index (χ3v) is 2.77. The van der Waals surface area contributed by atoms with Gasteiger partial charge in [0, 0.05) is 12.6 Å². The standard InChI is InChI=1S/C13H12N2O3/c1-15-10(14)7-9(8-5-3-2-4-6-8)11(12(15)16)13(17)18/h2-7H,14H2,1H3,(H,17,18). The number of anilines is 1. The Hall–Kier alpha value is -2.56. The van der Waals surface area contributed by atoms with E-state index in [2.05, 4.69) is 0 Å². The van der Waals surface area contributed by atoms with Gasteiger partial charge in [0.25, 0.3) is 5.56 Å². The Balaban J connectivity index is 2.83. The van der Waals surface area contributed by atoms with Crippen LogP contribution in [0.4, 0.5) is 5.82 Å². The fraction of sp³-hybridized carbons (Fsp3) is 0.0769. The molecule has 0 fully saturated rings. The molecule has 5 heteroatoms. The average molecular weight is 244 g/mol. The van der Waals surface area contributed by atoms with Gasteiger partial charge in [0.2, 0.25) is 0 Å². The summed E-state index contributed by atoms with van der Waals surface area (Å²) >= 11 is 0. The fourth-order valence-electron chi connectivity index (χ4n) is 1.77. The Morgan fingerprint density at radius 1 is 1.28 bits per heavy atom. The first kappa shape index (κ1) is 11.9. The lowest BCUT2D eigenvalue weighted by atomic mass is 10.0. The molecule has 0 aliphatic rings. The van der Waals surface area contributed by atoms with Crippen LogP contribution in [0.3, 0.4) is 0 Å². The van der Waals surface area contributed by atoms with Crippen molar-refractivity contribution >= 4 is 11.8 Å². The van der Waals surface area contributed by atoms with Crippen molar-refractivity contribution in [3.8, 4) is 11.1 Å². The first-order valence-electron chi connectivity index (χ1n) is 5.30. The molecule has 0 aliphatic heterocycles. The maximum absolute atomic E-state index is 11.9. The molecule has 0 saturated heterocycles. The van der Waals surface area contributed by atoms with Gasteiger partial charge in [-0.2, -0.15) is 0 Å². The molecule has 0 unspecified atom stereocenters. The molecule has 1 aromatic carbocycles. The summed E-state index contributed by atoms with van der Waals surface area (Å²) in [4.78, 5) is 23.2. The largest absolute Gasteiger partial charge is 0.477 e. The second-order valence-corrected chi connectivity index (χ2v) is 3.89. The van der Waals surface area contributed by atoms with Crippen molar-refractivity contribution in [3.63, 3.8) is 0 Å². The SMILES string of the molecule is Cn1c(N)cc(-c2ccccc2)c(C(=O)O)c1=O. The lowest BCUT2D eigenvalue weighted by molar-refractivity contribution is 0.0695. The Kier molecular flexibility index (Phi) is 2.89. The van der Waals surface area contributed by atoms with Crippen LogP contribution in [-0.2, 0) is 7.05 Å². The molecule has 18 heavy (non-hydrogen) atoms. The molecule has 92 valence electrons. The lowest BCUT2D eigenvalue weighted by Gasteiger charge is -2.10. The normalized spacial score (nSPS) is 10.3. The van der Waals surface area contributed by atoms with E-state index in [1.165, 1.54) is 13.1 Å². The number of hydrogen-bond acceptors (Lipinski definition) is 3. The van der Waals surface area contributed by atoms with Crippen molar-refractivity contribution in [2.75, 3.05) is 5.73 Å². The highest BCUT2D eigenvalue weighted by Crippen LogP contribution is 2.23. The van der Waals surface area contributed by atoms with Crippen LogP contribution in [0.2, 0.25) is 0 Å². The number of carboxylic acid groups (broad SMARTS) is 1. The van der Waals surface area contributed by atoms with Crippen molar-refractivity contribution in [3.05, 3.63) is 52.3 Å². The van der Waals surface area contributed by atoms with Crippen molar-refractivity contribution in [2.24, 2.45) is 7.05 Å². The highest BCUT2D eigenvalue weighted by molar-refractivity contribution is 5.96. The fourth-order valence-corrected chi connectivity index (χ4v) is 1.77. The van der Waals surface area contributed by atoms with Crippen LogP contribution < -0.4 is 11.3 Å². The van der Waals surface area contributed by atoms with Crippen molar-refractivity contribution in [2.45, 2.75) is 0 Å². The summed E-state index contributed by atoms with van der Waals surface area (Å²) in [5.41, 5.74) is 5.81. The average Bonchev–Trinajstić information content (AvgIpc) is 2.36. The summed E-state index contributed by atoms with van der Waals surface area (Å²) in [6.07, 6.45) is 0. The molecular weight excluding hydrogens is 232 g/mol. The van der Waals surface area contributed by atoms with Crippen LogP contribution >= 0.6 is 0 Å². The van der Waals surface area contributed by atoms with Gasteiger partial charge in [0.1, 0.15) is 11.4 Å². The van der Waals surface area contributed by atoms with E-state index in [4.69, 9.17) is 10.8 Å². The van der Waals surface area contributed by atoms with Gasteiger partial charge in [0.05, 0.1) is 0 Å². The molecule has 0 atom stereocenters. The predicted molar refractivity (Wildman–Crippen MR) is 68.5 cm³/mol. The Morgan fingerprint density at radius 3 is 2.44 bits per heavy atom. The zero-order valence-corrected chi connectivity index (χ0v) is 9.75. The maximum atomic E-state index is 11.9. The van der Waals surface area contributed by atoms with Gasteiger partial charge in [-0.25, -0.2) is 4.79 Å². The van der Waals surface area contributed by atoms with Crippen LogP contribution in [0.15, 0.2) is 41.2 Å². The Morgan fingerprint density at radius 2 is 1.89 bits per heavy atom. The van der Waals surface area contributed by atoms with Gasteiger partial charge in [-0.1, -0.05) is 30.3 Å². The van der Waals surface area contributed by atoms with E-state index < -0.39 is 11.5 Å². The molecule has 0 bridgehead atoms. The third-order valence-electron chi connectivity index (χ3n) is 2.77. The number of hydrogen-bond donors (Lipinski definition) is 2. The minimum atomic E-state index is -1.26. The second-order valence-electron chi connectivity index (χ2n) is 3.89. The van der Waals surface area contributed by atoms with E-state index in [-0.39, 0.29) is 11.4 Å². The summed E-state index contributed by atoms with van der Waals surface area (Å²) in [5, 5.41) is 9.17. The number of carboxylic acids is 1. The number of carbonyl (C=O) groups is 1. The first-order chi connectivity index (χ1) is 8.52. The van der Waals surface area contributed by atoms with Crippen molar-refractivity contribution in [1.29, 1.82) is 0 Å². The van der Waals surface area contributed by atoms with Crippen molar-refractivity contribution in [1.82, 2.24) is 4.57 Å². The number of pyridine rings is 1. The maximum Gasteiger partial charge on any atom is 0.341 e. The number of nitrogens with zero attached hydrogens (tertiary/aromatic N) is 1. The number of nitrogens with two attached hydrogens (primary N) is 1. The molecule has 2 aromatic rings. The monoisotopic (exact) mass is 244 g/mol. The molecule has 5 nitrogen and oxygen atoms in total. The van der Waals surface area contributed by atoms with Crippen LogP contribution in [0.25, 0.3) is 11.1 Å². The van der Waals surface area contributed by atoms with E-state index in [0.717, 1.165) is 4.57 Å². The predicted octanol–water partition coefficient (Wildman–Crippen LogP) is 1.33. The molecule has 2 rings (SSSR count). The van der Waals surface area contributed by atoms with E-state index in [9.17, 15) is 9.59 Å². The summed E-state index contributed by atoms with van der Waals surface area (Å²) in [7, 11) is 1.44. The minimum Gasteiger partial charge on any atom is -0.477 e. The number of benzene rings is 1. The smallest absolute Gasteiger partial charge is 0.341 e. The van der Waals surface area contributed by atoms with Gasteiger partial charge in [-0.05, 0) is 11.6 Å². The van der Waals surface area contributed by atoms with E-state index in [1.54, 1.807) is 24.3 Å². The van der Waals surface area contributed by atoms with Crippen molar-refractivity contribution < 1.29 is 9.90 Å². The topological polar surface area (TPSA) is 85.3 Å². The van der Waals surface area contributed by atoms with Gasteiger partial charge < -0.3 is 10.8 Å². The third kappa shape index (κ3) is 1.86. The molecule has 0 aliphatic carbocycles. The molecule has 3 N–H and O–H groups in total. The van der Waals surface area contributed by atoms with E-state index in [0.29, 0.717) is 11.1 Å². The Bertz CT molecular complexity index is 660. The molecule has 0 saturated carbocycles. The highest BCUT2D eigenvalue weighted by Gasteiger charge is 2.18. The van der Waals surface area contributed by atoms with Crippen LogP contribution in [-0.4, -0.2) is 15.6 Å². The summed E-state index contributed by atoms with van der Waals surface area (Å²) in [6.45, 7) is 0. The van der Waals surface area contributed by atoms with Crippen LogP contribution in [0.1, 0.15) is 10.4 Å². The zero-order chi connectivity index (χ0) is 13.3. The van der Waals surface area contributed by atoms with E-state index >= 15 is 0 Å². The number of nitrogen functional groups attached to an aromatic ring is 1. The quantitative estimate of drug-likeness (QED) is 0.834. The number of rotatable bonds is 2. The van der Waals surface area contributed by atoms with Gasteiger partial charge in [0.15, 0.2) is 0 Å². The van der Waals surface area contributed by atoms with Gasteiger partial charge in [-0.3, -0.25) is 9.36 Å². The van der Waals surface area contributed by atoms with Gasteiger partial charge in [-0.15, -0.1) is 0 Å². The summed E-state index contributed by atoms with van der Waals surface area (Å²) in [5.74, 6) is -1.03. The molecule has 1 heterocycles. The highest BCUT2D eigenvalue weighted by atomic mass is 16.4. The van der Waals surface area contributed by atoms with Crippen LogP contribution in [0.5, 0.6) is 0 Å². The first-order valence-corrected chi connectivity index (χ1v) is 5.30. The molecule has 0 radical (unpaired) electrons. The minimum absolute atomic E-state index is 0.226.